The van der Waals surface area contributed by atoms with Crippen LogP contribution in [-0.4, -0.2) is 36.7 Å². The zero-order valence-electron chi connectivity index (χ0n) is 23.9. The fourth-order valence-electron chi connectivity index (χ4n) is 7.29. The first-order chi connectivity index (χ1) is 20.7. The van der Waals surface area contributed by atoms with E-state index in [0.29, 0.717) is 33.1 Å². The van der Waals surface area contributed by atoms with Gasteiger partial charge in [0.15, 0.2) is 11.6 Å². The minimum absolute atomic E-state index is 0.259. The molecule has 4 atom stereocenters. The number of Topliss-reactive ketones (excluding diaryl/α,β-unsaturated/α-hetero) is 2. The van der Waals surface area contributed by atoms with Crippen molar-refractivity contribution in [2.45, 2.75) is 31.3 Å². The van der Waals surface area contributed by atoms with Gasteiger partial charge in [-0.25, -0.2) is 0 Å². The number of rotatable bonds is 5. The lowest BCUT2D eigenvalue weighted by atomic mass is 9.64. The average Bonchev–Trinajstić information content (AvgIpc) is 3.49. The number of aryl methyl sites for hydroxylation is 1. The third-order valence-electron chi connectivity index (χ3n) is 9.17. The molecule has 4 aromatic rings. The Morgan fingerprint density at radius 2 is 1.65 bits per heavy atom. The van der Waals surface area contributed by atoms with Crippen LogP contribution in [0.5, 0.6) is 5.75 Å². The third kappa shape index (κ3) is 3.90. The Labute approximate surface area is 254 Å². The summed E-state index contributed by atoms with van der Waals surface area (Å²) in [6.07, 6.45) is 2.06. The minimum Gasteiger partial charge on any atom is -0.497 e. The molecular weight excluding hydrogens is 560 g/mol. The Hall–Kier alpha value is -4.68. The number of nitrogens with one attached hydrogen (secondary N) is 1. The standard InChI is InChI=1S/C36H29ClN2O4/c1-20-11-16-29-26(17-20)21(2)18-30-36(27-9-4-5-10-28(27)38-35(36)42)31(33(40)22-12-14-24(37)15-13-22)32(39(29)30)34(41)23-7-6-8-25(19-23)43-3/h4-19,30-32H,1-3H3,(H,38,42)/t30-,31+,32-,36+/m0/s1. The average molecular weight is 589 g/mol. The van der Waals surface area contributed by atoms with E-state index in [2.05, 4.69) is 17.5 Å². The molecule has 6 nitrogen and oxygen atoms in total. The number of carbonyl (C=O) groups is 3. The number of ketones is 2. The molecule has 1 saturated heterocycles. The van der Waals surface area contributed by atoms with Gasteiger partial charge >= 0.3 is 0 Å². The Morgan fingerprint density at radius 3 is 2.42 bits per heavy atom. The van der Waals surface area contributed by atoms with E-state index < -0.39 is 23.4 Å². The van der Waals surface area contributed by atoms with Crippen molar-refractivity contribution >= 4 is 46.0 Å². The normalized spacial score (nSPS) is 23.3. The monoisotopic (exact) mass is 588 g/mol. The molecule has 0 saturated carbocycles. The lowest BCUT2D eigenvalue weighted by Gasteiger charge is -2.39. The van der Waals surface area contributed by atoms with E-state index in [0.717, 1.165) is 22.4 Å². The summed E-state index contributed by atoms with van der Waals surface area (Å²) in [5, 5.41) is 3.57. The van der Waals surface area contributed by atoms with E-state index in [-0.39, 0.29) is 17.5 Å². The molecule has 4 aromatic carbocycles. The van der Waals surface area contributed by atoms with Crippen LogP contribution in [0.15, 0.2) is 97.1 Å². The van der Waals surface area contributed by atoms with E-state index in [1.165, 1.54) is 0 Å². The van der Waals surface area contributed by atoms with Gasteiger partial charge in [0.2, 0.25) is 5.91 Å². The van der Waals surface area contributed by atoms with Crippen LogP contribution < -0.4 is 15.0 Å². The number of benzene rings is 4. The van der Waals surface area contributed by atoms with E-state index >= 15 is 0 Å². The molecule has 3 aliphatic rings. The molecule has 0 bridgehead atoms. The molecule has 1 spiro atoms. The number of halogens is 1. The maximum atomic E-state index is 14.9. The van der Waals surface area contributed by atoms with Gasteiger partial charge in [-0.15, -0.1) is 0 Å². The molecular formula is C36H29ClN2O4. The Kier molecular flexibility index (Phi) is 6.29. The fraction of sp³-hybridized carbons (Fsp3) is 0.194. The predicted molar refractivity (Wildman–Crippen MR) is 168 cm³/mol. The number of hydrogen-bond acceptors (Lipinski definition) is 5. The van der Waals surface area contributed by atoms with Crippen molar-refractivity contribution in [2.24, 2.45) is 5.92 Å². The van der Waals surface area contributed by atoms with Crippen LogP contribution in [0.25, 0.3) is 5.57 Å². The number of anilines is 2. The number of para-hydroxylation sites is 1. The Bertz CT molecular complexity index is 1860. The summed E-state index contributed by atoms with van der Waals surface area (Å²) < 4.78 is 5.45. The van der Waals surface area contributed by atoms with Crippen molar-refractivity contribution in [2.75, 3.05) is 17.3 Å². The Balaban J connectivity index is 1.55. The molecule has 0 radical (unpaired) electrons. The molecule has 3 aliphatic heterocycles. The first kappa shape index (κ1) is 27.2. The molecule has 7 rings (SSSR count). The second-order valence-corrected chi connectivity index (χ2v) is 11.9. The van der Waals surface area contributed by atoms with E-state index in [1.807, 2.05) is 55.1 Å². The maximum Gasteiger partial charge on any atom is 0.238 e. The third-order valence-corrected chi connectivity index (χ3v) is 9.42. The molecule has 3 heterocycles. The highest BCUT2D eigenvalue weighted by Gasteiger charge is 2.70. The fourth-order valence-corrected chi connectivity index (χ4v) is 7.41. The zero-order chi connectivity index (χ0) is 30.0. The molecule has 0 aromatic heterocycles. The summed E-state index contributed by atoms with van der Waals surface area (Å²) in [5.74, 6) is -1.37. The number of methoxy groups -OCH3 is 1. The summed E-state index contributed by atoms with van der Waals surface area (Å²) >= 11 is 6.20. The maximum absolute atomic E-state index is 14.9. The predicted octanol–water partition coefficient (Wildman–Crippen LogP) is 6.90. The van der Waals surface area contributed by atoms with Gasteiger partial charge in [0.05, 0.1) is 19.1 Å². The molecule has 1 amide bonds. The van der Waals surface area contributed by atoms with E-state index in [4.69, 9.17) is 16.3 Å². The van der Waals surface area contributed by atoms with Crippen LogP contribution >= 0.6 is 11.6 Å². The first-order valence-electron chi connectivity index (χ1n) is 14.2. The van der Waals surface area contributed by atoms with Gasteiger partial charge in [0, 0.05) is 33.1 Å². The van der Waals surface area contributed by atoms with Crippen LogP contribution in [0.3, 0.4) is 0 Å². The topological polar surface area (TPSA) is 75.7 Å². The number of hydrogen-bond donors (Lipinski definition) is 1. The van der Waals surface area contributed by atoms with Gasteiger partial charge in [-0.3, -0.25) is 14.4 Å². The molecule has 0 unspecified atom stereocenters. The molecule has 1 fully saturated rings. The summed E-state index contributed by atoms with van der Waals surface area (Å²) in [6.45, 7) is 4.05. The van der Waals surface area contributed by atoms with Gasteiger partial charge in [0.1, 0.15) is 17.2 Å². The van der Waals surface area contributed by atoms with Crippen molar-refractivity contribution < 1.29 is 19.1 Å². The number of nitrogens with zero attached hydrogens (tertiary/aromatic N) is 1. The van der Waals surface area contributed by atoms with Gasteiger partial charge < -0.3 is 15.0 Å². The highest BCUT2D eigenvalue weighted by molar-refractivity contribution is 6.30. The largest absolute Gasteiger partial charge is 0.497 e. The van der Waals surface area contributed by atoms with Crippen molar-refractivity contribution in [3.8, 4) is 5.75 Å². The number of fused-ring (bicyclic) bond motifs is 6. The van der Waals surface area contributed by atoms with Crippen LogP contribution in [0.2, 0.25) is 5.02 Å². The van der Waals surface area contributed by atoms with Crippen LogP contribution in [0.1, 0.15) is 44.3 Å². The van der Waals surface area contributed by atoms with Crippen LogP contribution in [-0.2, 0) is 10.2 Å². The van der Waals surface area contributed by atoms with Gasteiger partial charge in [0.25, 0.3) is 0 Å². The van der Waals surface area contributed by atoms with Crippen molar-refractivity contribution in [1.82, 2.24) is 0 Å². The lowest BCUT2D eigenvalue weighted by Crippen LogP contribution is -2.51. The van der Waals surface area contributed by atoms with Crippen molar-refractivity contribution in [3.63, 3.8) is 0 Å². The lowest BCUT2D eigenvalue weighted by molar-refractivity contribution is -0.121. The van der Waals surface area contributed by atoms with E-state index in [9.17, 15) is 14.4 Å². The summed E-state index contributed by atoms with van der Waals surface area (Å²) in [5.41, 5.74) is 4.63. The summed E-state index contributed by atoms with van der Waals surface area (Å²) in [4.78, 5) is 46.3. The Morgan fingerprint density at radius 1 is 0.884 bits per heavy atom. The second-order valence-electron chi connectivity index (χ2n) is 11.5. The second kappa shape index (κ2) is 9.96. The van der Waals surface area contributed by atoms with Crippen molar-refractivity contribution in [3.05, 3.63) is 130 Å². The molecule has 214 valence electrons. The molecule has 43 heavy (non-hydrogen) atoms. The summed E-state index contributed by atoms with van der Waals surface area (Å²) in [7, 11) is 1.55. The van der Waals surface area contributed by atoms with Crippen LogP contribution in [0, 0.1) is 12.8 Å². The quantitative estimate of drug-likeness (QED) is 0.257. The highest BCUT2D eigenvalue weighted by atomic mass is 35.5. The smallest absolute Gasteiger partial charge is 0.238 e. The molecule has 0 aliphatic carbocycles. The first-order valence-corrected chi connectivity index (χ1v) is 14.6. The van der Waals surface area contributed by atoms with Gasteiger partial charge in [-0.1, -0.05) is 59.6 Å². The number of ether oxygens (including phenoxy) is 1. The highest BCUT2D eigenvalue weighted by Crippen LogP contribution is 2.59. The molecule has 1 N–H and O–H groups in total. The molecule has 7 heteroatoms. The number of allylic oxidation sites excluding steroid dienone is 1. The van der Waals surface area contributed by atoms with E-state index in [1.54, 1.807) is 55.6 Å². The number of carbonyl (C=O) groups excluding carboxylic acids is 3. The van der Waals surface area contributed by atoms with Gasteiger partial charge in [-0.05, 0) is 79.6 Å². The minimum atomic E-state index is -1.38. The number of amides is 1. The zero-order valence-corrected chi connectivity index (χ0v) is 24.7. The van der Waals surface area contributed by atoms with Crippen molar-refractivity contribution in [1.29, 1.82) is 0 Å². The van der Waals surface area contributed by atoms with Gasteiger partial charge in [-0.2, -0.15) is 0 Å². The SMILES string of the molecule is COc1cccc(C(=O)[C@@H]2[C@H](C(=O)c3ccc(Cl)cc3)[C@]3(C(=O)Nc4ccccc43)[C@@H]3C=C(C)c4cc(C)ccc4N23)c1. The summed E-state index contributed by atoms with van der Waals surface area (Å²) in [6, 6.07) is 25.6. The van der Waals surface area contributed by atoms with Crippen LogP contribution in [0.4, 0.5) is 11.4 Å².